The molecule has 2 amide bonds. The number of likely N-dealkylation sites (tertiary alicyclic amines) is 1. The summed E-state index contributed by atoms with van der Waals surface area (Å²) in [7, 11) is 1.64. The van der Waals surface area contributed by atoms with Crippen molar-refractivity contribution >= 4 is 11.8 Å². The molecule has 0 radical (unpaired) electrons. The largest absolute Gasteiger partial charge is 0.496 e. The van der Waals surface area contributed by atoms with Gasteiger partial charge in [-0.15, -0.1) is 0 Å². The van der Waals surface area contributed by atoms with Crippen LogP contribution in [0.1, 0.15) is 47.2 Å². The minimum absolute atomic E-state index is 0.000578. The van der Waals surface area contributed by atoms with Gasteiger partial charge in [0.25, 0.3) is 5.91 Å². The summed E-state index contributed by atoms with van der Waals surface area (Å²) < 4.78 is 5.32. The number of amides is 2. The maximum absolute atomic E-state index is 12.5. The van der Waals surface area contributed by atoms with Crippen molar-refractivity contribution in [3.8, 4) is 5.75 Å². The molecule has 1 heterocycles. The number of rotatable bonds is 7. The number of carbonyl (C=O) groups is 2. The van der Waals surface area contributed by atoms with Gasteiger partial charge in [-0.3, -0.25) is 9.59 Å². The van der Waals surface area contributed by atoms with E-state index in [1.165, 1.54) is 6.42 Å². The van der Waals surface area contributed by atoms with E-state index >= 15 is 0 Å². The van der Waals surface area contributed by atoms with Gasteiger partial charge in [-0.05, 0) is 55.0 Å². The lowest BCUT2D eigenvalue weighted by molar-refractivity contribution is -0.121. The Morgan fingerprint density at radius 3 is 2.43 bits per heavy atom. The number of aryl methyl sites for hydroxylation is 1. The van der Waals surface area contributed by atoms with E-state index in [4.69, 9.17) is 4.74 Å². The van der Waals surface area contributed by atoms with Crippen molar-refractivity contribution in [2.45, 2.75) is 38.6 Å². The second-order valence-electron chi connectivity index (χ2n) is 7.14. The molecule has 0 bridgehead atoms. The van der Waals surface area contributed by atoms with Crippen LogP contribution in [0.25, 0.3) is 0 Å². The SMILES string of the molecule is COc1ccccc1CCC(=O)NCc1ccc(C(=O)N2CCCCC2)cc1. The van der Waals surface area contributed by atoms with Crippen LogP contribution in [0.3, 0.4) is 0 Å². The molecule has 0 unspecified atom stereocenters. The molecule has 1 N–H and O–H groups in total. The lowest BCUT2D eigenvalue weighted by Crippen LogP contribution is -2.35. The van der Waals surface area contributed by atoms with Crippen LogP contribution in [-0.4, -0.2) is 36.9 Å². The Labute approximate surface area is 166 Å². The van der Waals surface area contributed by atoms with Gasteiger partial charge in [-0.25, -0.2) is 0 Å². The third-order valence-electron chi connectivity index (χ3n) is 5.15. The molecule has 1 fully saturated rings. The second kappa shape index (κ2) is 9.93. The van der Waals surface area contributed by atoms with Crippen LogP contribution < -0.4 is 10.1 Å². The van der Waals surface area contributed by atoms with Gasteiger partial charge in [-0.2, -0.15) is 0 Å². The van der Waals surface area contributed by atoms with Crippen LogP contribution in [0.5, 0.6) is 5.75 Å². The molecule has 5 heteroatoms. The minimum Gasteiger partial charge on any atom is -0.496 e. The van der Waals surface area contributed by atoms with Crippen LogP contribution in [0.2, 0.25) is 0 Å². The molecule has 3 rings (SSSR count). The van der Waals surface area contributed by atoms with E-state index in [1.54, 1.807) is 7.11 Å². The summed E-state index contributed by atoms with van der Waals surface area (Å²) in [6, 6.07) is 15.3. The first kappa shape index (κ1) is 19.9. The molecule has 2 aromatic carbocycles. The van der Waals surface area contributed by atoms with E-state index in [2.05, 4.69) is 5.32 Å². The van der Waals surface area contributed by atoms with Crippen LogP contribution in [0.15, 0.2) is 48.5 Å². The molecule has 28 heavy (non-hydrogen) atoms. The van der Waals surface area contributed by atoms with Crippen molar-refractivity contribution in [2.24, 2.45) is 0 Å². The molecule has 1 aliphatic rings. The predicted octanol–water partition coefficient (Wildman–Crippen LogP) is 3.57. The first-order chi connectivity index (χ1) is 13.7. The van der Waals surface area contributed by atoms with Gasteiger partial charge in [0.15, 0.2) is 0 Å². The Morgan fingerprint density at radius 2 is 1.71 bits per heavy atom. The monoisotopic (exact) mass is 380 g/mol. The van der Waals surface area contributed by atoms with Gasteiger partial charge in [0.2, 0.25) is 5.91 Å². The molecular formula is C23H28N2O3. The molecule has 1 saturated heterocycles. The normalized spacial score (nSPS) is 13.8. The van der Waals surface area contributed by atoms with Crippen LogP contribution in [0, 0.1) is 0 Å². The van der Waals surface area contributed by atoms with Crippen molar-refractivity contribution in [1.82, 2.24) is 10.2 Å². The molecule has 0 aliphatic carbocycles. The first-order valence-electron chi connectivity index (χ1n) is 9.94. The van der Waals surface area contributed by atoms with E-state index in [-0.39, 0.29) is 11.8 Å². The number of carbonyl (C=O) groups excluding carboxylic acids is 2. The summed E-state index contributed by atoms with van der Waals surface area (Å²) in [6.45, 7) is 2.16. The zero-order chi connectivity index (χ0) is 19.8. The number of benzene rings is 2. The molecule has 1 aliphatic heterocycles. The third kappa shape index (κ3) is 5.35. The number of ether oxygens (including phenoxy) is 1. The second-order valence-corrected chi connectivity index (χ2v) is 7.14. The molecule has 0 atom stereocenters. The molecule has 5 nitrogen and oxygen atoms in total. The summed E-state index contributed by atoms with van der Waals surface area (Å²) in [4.78, 5) is 26.6. The minimum atomic E-state index is -0.000578. The predicted molar refractivity (Wildman–Crippen MR) is 109 cm³/mol. The molecule has 148 valence electrons. The Morgan fingerprint density at radius 1 is 1.00 bits per heavy atom. The number of piperidine rings is 1. The van der Waals surface area contributed by atoms with E-state index in [0.29, 0.717) is 24.9 Å². The average Bonchev–Trinajstić information content (AvgIpc) is 2.77. The number of nitrogens with one attached hydrogen (secondary N) is 1. The Bertz CT molecular complexity index is 796. The van der Waals surface area contributed by atoms with Crippen molar-refractivity contribution in [1.29, 1.82) is 0 Å². The van der Waals surface area contributed by atoms with Gasteiger partial charge in [0.05, 0.1) is 7.11 Å². The van der Waals surface area contributed by atoms with Crippen LogP contribution >= 0.6 is 0 Å². The van der Waals surface area contributed by atoms with Crippen LogP contribution in [0.4, 0.5) is 0 Å². The maximum atomic E-state index is 12.5. The highest BCUT2D eigenvalue weighted by Gasteiger charge is 2.17. The summed E-state index contributed by atoms with van der Waals surface area (Å²) in [6.07, 6.45) is 4.43. The fourth-order valence-electron chi connectivity index (χ4n) is 3.49. The summed E-state index contributed by atoms with van der Waals surface area (Å²) in [5, 5.41) is 2.94. The van der Waals surface area contributed by atoms with Gasteiger partial charge < -0.3 is 15.0 Å². The highest BCUT2D eigenvalue weighted by atomic mass is 16.5. The van der Waals surface area contributed by atoms with E-state index in [1.807, 2.05) is 53.4 Å². The summed E-state index contributed by atoms with van der Waals surface area (Å²) in [5.41, 5.74) is 2.73. The van der Waals surface area contributed by atoms with Crippen LogP contribution in [-0.2, 0) is 17.8 Å². The van der Waals surface area contributed by atoms with Gasteiger partial charge >= 0.3 is 0 Å². The standard InChI is InChI=1S/C23H28N2O3/c1-28-21-8-4-3-7-19(21)13-14-22(26)24-17-18-9-11-20(12-10-18)23(27)25-15-5-2-6-16-25/h3-4,7-12H,2,5-6,13-17H2,1H3,(H,24,26). The Kier molecular flexibility index (Phi) is 7.06. The highest BCUT2D eigenvalue weighted by molar-refractivity contribution is 5.94. The molecular weight excluding hydrogens is 352 g/mol. The van der Waals surface area contributed by atoms with Crippen molar-refractivity contribution in [3.63, 3.8) is 0 Å². The highest BCUT2D eigenvalue weighted by Crippen LogP contribution is 2.19. The van der Waals surface area contributed by atoms with Crippen molar-refractivity contribution in [2.75, 3.05) is 20.2 Å². The van der Waals surface area contributed by atoms with Gasteiger partial charge in [0, 0.05) is 31.6 Å². The molecule has 0 saturated carbocycles. The Hall–Kier alpha value is -2.82. The maximum Gasteiger partial charge on any atom is 0.253 e. The average molecular weight is 380 g/mol. The number of methoxy groups -OCH3 is 1. The first-order valence-corrected chi connectivity index (χ1v) is 9.94. The Balaban J connectivity index is 1.46. The fraction of sp³-hybridized carbons (Fsp3) is 0.391. The summed E-state index contributed by atoms with van der Waals surface area (Å²) >= 11 is 0. The van der Waals surface area contributed by atoms with Crippen molar-refractivity contribution in [3.05, 3.63) is 65.2 Å². The number of hydrogen-bond donors (Lipinski definition) is 1. The zero-order valence-electron chi connectivity index (χ0n) is 16.4. The smallest absolute Gasteiger partial charge is 0.253 e. The van der Waals surface area contributed by atoms with E-state index in [9.17, 15) is 9.59 Å². The molecule has 0 aromatic heterocycles. The number of nitrogens with zero attached hydrogens (tertiary/aromatic N) is 1. The number of para-hydroxylation sites is 1. The number of hydrogen-bond acceptors (Lipinski definition) is 3. The van der Waals surface area contributed by atoms with Gasteiger partial charge in [-0.1, -0.05) is 30.3 Å². The lowest BCUT2D eigenvalue weighted by atomic mass is 10.1. The third-order valence-corrected chi connectivity index (χ3v) is 5.15. The topological polar surface area (TPSA) is 58.6 Å². The lowest BCUT2D eigenvalue weighted by Gasteiger charge is -2.26. The molecule has 0 spiro atoms. The van der Waals surface area contributed by atoms with E-state index < -0.39 is 0 Å². The van der Waals surface area contributed by atoms with E-state index in [0.717, 1.165) is 42.8 Å². The molecule has 2 aromatic rings. The van der Waals surface area contributed by atoms with Gasteiger partial charge in [0.1, 0.15) is 5.75 Å². The van der Waals surface area contributed by atoms with Crippen molar-refractivity contribution < 1.29 is 14.3 Å². The fourth-order valence-corrected chi connectivity index (χ4v) is 3.49. The quantitative estimate of drug-likeness (QED) is 0.799. The summed E-state index contributed by atoms with van der Waals surface area (Å²) in [5.74, 6) is 0.913. The zero-order valence-corrected chi connectivity index (χ0v) is 16.4.